The number of hydrogen-bond acceptors (Lipinski definition) is 2. The normalized spacial score (nSPS) is 22.9. The van der Waals surface area contributed by atoms with Crippen molar-refractivity contribution in [3.63, 3.8) is 0 Å². The third kappa shape index (κ3) is 3.90. The summed E-state index contributed by atoms with van der Waals surface area (Å²) in [5.74, 6) is 0. The standard InChI is InChI=1S/C22H33N3O/c1-17(19-11-10-18-6-2-3-7-20(18)16-19)23-22(26)25-14-12-24(13-15-25)21-8-4-5-9-21/h10-11,16-17,21H,2-9,12-15H2,1H3,(H,23,26). The highest BCUT2D eigenvalue weighted by atomic mass is 16.2. The lowest BCUT2D eigenvalue weighted by molar-refractivity contribution is 0.108. The average molecular weight is 356 g/mol. The molecular weight excluding hydrogens is 322 g/mol. The lowest BCUT2D eigenvalue weighted by atomic mass is 9.89. The van der Waals surface area contributed by atoms with Gasteiger partial charge >= 0.3 is 6.03 Å². The van der Waals surface area contributed by atoms with Crippen LogP contribution in [0.4, 0.5) is 4.79 Å². The third-order valence-electron chi connectivity index (χ3n) is 6.66. The van der Waals surface area contributed by atoms with Crippen molar-refractivity contribution in [3.05, 3.63) is 34.9 Å². The predicted molar refractivity (Wildman–Crippen MR) is 105 cm³/mol. The largest absolute Gasteiger partial charge is 0.331 e. The van der Waals surface area contributed by atoms with Gasteiger partial charge in [0.15, 0.2) is 0 Å². The van der Waals surface area contributed by atoms with E-state index in [0.29, 0.717) is 0 Å². The maximum Gasteiger partial charge on any atom is 0.317 e. The third-order valence-corrected chi connectivity index (χ3v) is 6.66. The number of nitrogens with zero attached hydrogens (tertiary/aromatic N) is 2. The number of amides is 2. The highest BCUT2D eigenvalue weighted by Gasteiger charge is 2.28. The maximum absolute atomic E-state index is 12.7. The number of rotatable bonds is 3. The van der Waals surface area contributed by atoms with Crippen molar-refractivity contribution < 1.29 is 4.79 Å². The molecule has 0 aromatic heterocycles. The number of benzene rings is 1. The van der Waals surface area contributed by atoms with Gasteiger partial charge < -0.3 is 10.2 Å². The number of nitrogens with one attached hydrogen (secondary N) is 1. The van der Waals surface area contributed by atoms with Crippen LogP contribution in [-0.4, -0.2) is 48.1 Å². The summed E-state index contributed by atoms with van der Waals surface area (Å²) in [6, 6.07) is 7.73. The second kappa shape index (κ2) is 7.99. The molecule has 4 nitrogen and oxygen atoms in total. The van der Waals surface area contributed by atoms with E-state index >= 15 is 0 Å². The van der Waals surface area contributed by atoms with Crippen LogP contribution in [0.5, 0.6) is 0 Å². The van der Waals surface area contributed by atoms with Crippen LogP contribution in [0.1, 0.15) is 68.2 Å². The quantitative estimate of drug-likeness (QED) is 0.893. The van der Waals surface area contributed by atoms with Gasteiger partial charge in [-0.1, -0.05) is 31.0 Å². The minimum absolute atomic E-state index is 0.0718. The first-order valence-electron chi connectivity index (χ1n) is 10.6. The van der Waals surface area contributed by atoms with Gasteiger partial charge in [-0.2, -0.15) is 0 Å². The molecule has 0 spiro atoms. The zero-order chi connectivity index (χ0) is 17.9. The van der Waals surface area contributed by atoms with E-state index in [0.717, 1.165) is 32.2 Å². The molecule has 142 valence electrons. The van der Waals surface area contributed by atoms with Gasteiger partial charge in [0, 0.05) is 32.2 Å². The maximum atomic E-state index is 12.7. The van der Waals surface area contributed by atoms with Crippen molar-refractivity contribution >= 4 is 6.03 Å². The Morgan fingerprint density at radius 3 is 2.42 bits per heavy atom. The van der Waals surface area contributed by atoms with Crippen LogP contribution in [0.15, 0.2) is 18.2 Å². The van der Waals surface area contributed by atoms with Gasteiger partial charge in [0.25, 0.3) is 0 Å². The van der Waals surface area contributed by atoms with E-state index in [4.69, 9.17) is 0 Å². The number of urea groups is 1. The molecule has 26 heavy (non-hydrogen) atoms. The topological polar surface area (TPSA) is 35.6 Å². The molecule has 1 aliphatic heterocycles. The first-order chi connectivity index (χ1) is 12.7. The number of fused-ring (bicyclic) bond motifs is 1. The Bertz CT molecular complexity index is 630. The molecule has 2 amide bonds. The fourth-order valence-corrected chi connectivity index (χ4v) is 4.94. The second-order valence-corrected chi connectivity index (χ2v) is 8.37. The molecule has 2 aliphatic carbocycles. The van der Waals surface area contributed by atoms with Crippen LogP contribution >= 0.6 is 0 Å². The zero-order valence-corrected chi connectivity index (χ0v) is 16.2. The summed E-state index contributed by atoms with van der Waals surface area (Å²) in [6.07, 6.45) is 10.5. The smallest absolute Gasteiger partial charge is 0.317 e. The van der Waals surface area contributed by atoms with Crippen LogP contribution in [0.3, 0.4) is 0 Å². The van der Waals surface area contributed by atoms with Crippen LogP contribution in [-0.2, 0) is 12.8 Å². The number of carbonyl (C=O) groups is 1. The molecule has 1 aromatic rings. The Kier molecular flexibility index (Phi) is 5.49. The van der Waals surface area contributed by atoms with E-state index in [1.54, 1.807) is 0 Å². The minimum atomic E-state index is 0.0718. The monoisotopic (exact) mass is 355 g/mol. The van der Waals surface area contributed by atoms with Crippen molar-refractivity contribution in [1.82, 2.24) is 15.1 Å². The first kappa shape index (κ1) is 17.8. The zero-order valence-electron chi connectivity index (χ0n) is 16.2. The summed E-state index contributed by atoms with van der Waals surface area (Å²) in [6.45, 7) is 5.90. The van der Waals surface area contributed by atoms with E-state index < -0.39 is 0 Å². The SMILES string of the molecule is CC(NC(=O)N1CCN(C2CCCC2)CC1)c1ccc2c(c1)CCCC2. The van der Waals surface area contributed by atoms with Crippen LogP contribution < -0.4 is 5.32 Å². The van der Waals surface area contributed by atoms with E-state index in [2.05, 4.69) is 35.3 Å². The molecule has 1 N–H and O–H groups in total. The highest BCUT2D eigenvalue weighted by molar-refractivity contribution is 5.74. The first-order valence-corrected chi connectivity index (χ1v) is 10.6. The Morgan fingerprint density at radius 2 is 1.69 bits per heavy atom. The Labute approximate surface area is 157 Å². The summed E-state index contributed by atoms with van der Waals surface area (Å²) in [5, 5.41) is 3.23. The summed E-state index contributed by atoms with van der Waals surface area (Å²) in [4.78, 5) is 17.3. The van der Waals surface area contributed by atoms with Crippen LogP contribution in [0.2, 0.25) is 0 Å². The molecule has 4 heteroatoms. The van der Waals surface area contributed by atoms with Crippen molar-refractivity contribution in [2.75, 3.05) is 26.2 Å². The van der Waals surface area contributed by atoms with Gasteiger partial charge in [-0.3, -0.25) is 4.90 Å². The Morgan fingerprint density at radius 1 is 1.00 bits per heavy atom. The van der Waals surface area contributed by atoms with Gasteiger partial charge in [-0.25, -0.2) is 4.79 Å². The fourth-order valence-electron chi connectivity index (χ4n) is 4.94. The van der Waals surface area contributed by atoms with Gasteiger partial charge in [0.05, 0.1) is 6.04 Å². The second-order valence-electron chi connectivity index (χ2n) is 8.37. The molecule has 1 saturated carbocycles. The van der Waals surface area contributed by atoms with Crippen LogP contribution in [0, 0.1) is 0 Å². The molecule has 1 heterocycles. The number of hydrogen-bond donors (Lipinski definition) is 1. The number of aryl methyl sites for hydroxylation is 2. The molecule has 1 unspecified atom stereocenters. The molecule has 3 aliphatic rings. The molecule has 4 rings (SSSR count). The van der Waals surface area contributed by atoms with Crippen molar-refractivity contribution in [2.24, 2.45) is 0 Å². The highest BCUT2D eigenvalue weighted by Crippen LogP contribution is 2.26. The van der Waals surface area contributed by atoms with Gasteiger partial charge in [0.2, 0.25) is 0 Å². The van der Waals surface area contributed by atoms with E-state index in [1.807, 2.05) is 4.90 Å². The van der Waals surface area contributed by atoms with Crippen molar-refractivity contribution in [1.29, 1.82) is 0 Å². The van der Waals surface area contributed by atoms with Gasteiger partial charge in [-0.15, -0.1) is 0 Å². The van der Waals surface area contributed by atoms with E-state index in [1.165, 1.54) is 68.1 Å². The Hall–Kier alpha value is -1.55. The van der Waals surface area contributed by atoms with Gasteiger partial charge in [0.1, 0.15) is 0 Å². The fraction of sp³-hybridized carbons (Fsp3) is 0.682. The molecule has 2 fully saturated rings. The molecule has 0 bridgehead atoms. The summed E-state index contributed by atoms with van der Waals surface area (Å²) < 4.78 is 0. The van der Waals surface area contributed by atoms with Crippen molar-refractivity contribution in [3.8, 4) is 0 Å². The molecular formula is C22H33N3O. The Balaban J connectivity index is 1.30. The summed E-state index contributed by atoms with van der Waals surface area (Å²) in [5.41, 5.74) is 4.23. The molecule has 1 atom stereocenters. The predicted octanol–water partition coefficient (Wildman–Crippen LogP) is 3.90. The average Bonchev–Trinajstić information content (AvgIpc) is 3.22. The van der Waals surface area contributed by atoms with Crippen LogP contribution in [0.25, 0.3) is 0 Å². The summed E-state index contributed by atoms with van der Waals surface area (Å²) >= 11 is 0. The number of piperazine rings is 1. The molecule has 1 saturated heterocycles. The van der Waals surface area contributed by atoms with Crippen molar-refractivity contribution in [2.45, 2.75) is 70.4 Å². The lowest BCUT2D eigenvalue weighted by Gasteiger charge is -2.38. The minimum Gasteiger partial charge on any atom is -0.331 e. The number of carbonyl (C=O) groups excluding carboxylic acids is 1. The lowest BCUT2D eigenvalue weighted by Crippen LogP contribution is -2.54. The van der Waals surface area contributed by atoms with E-state index in [-0.39, 0.29) is 12.1 Å². The van der Waals surface area contributed by atoms with Gasteiger partial charge in [-0.05, 0) is 62.1 Å². The molecule has 0 radical (unpaired) electrons. The van der Waals surface area contributed by atoms with E-state index in [9.17, 15) is 4.79 Å². The molecule has 1 aromatic carbocycles. The summed E-state index contributed by atoms with van der Waals surface area (Å²) in [7, 11) is 0.